The smallest absolute Gasteiger partial charge is 0.353 e. The third-order valence-electron chi connectivity index (χ3n) is 3.20. The molecular formula is C11H14N6O4. The van der Waals surface area contributed by atoms with E-state index in [4.69, 9.17) is 0 Å². The lowest BCUT2D eigenvalue weighted by Crippen LogP contribution is -2.48. The Morgan fingerprint density at radius 2 is 2.05 bits per heavy atom. The molecule has 1 unspecified atom stereocenters. The number of nitro groups is 1. The number of rotatable bonds is 4. The summed E-state index contributed by atoms with van der Waals surface area (Å²) in [5.41, 5.74) is -0.340. The Balaban J connectivity index is 2.30. The molecule has 1 fully saturated rings. The fraction of sp³-hybridized carbons (Fsp3) is 0.455. The van der Waals surface area contributed by atoms with Crippen LogP contribution in [-0.2, 0) is 9.59 Å². The molecule has 0 spiro atoms. The first kappa shape index (κ1) is 14.6. The Kier molecular flexibility index (Phi) is 3.96. The van der Waals surface area contributed by atoms with Crippen LogP contribution in [0, 0.1) is 10.1 Å². The van der Waals surface area contributed by atoms with Gasteiger partial charge in [-0.25, -0.2) is 9.97 Å². The third-order valence-corrected chi connectivity index (χ3v) is 3.20. The first-order valence-corrected chi connectivity index (χ1v) is 6.19. The van der Waals surface area contributed by atoms with Crippen LogP contribution < -0.4 is 10.6 Å². The predicted octanol–water partition coefficient (Wildman–Crippen LogP) is -0.0142. The third kappa shape index (κ3) is 2.73. The molecule has 1 saturated heterocycles. The van der Waals surface area contributed by atoms with Gasteiger partial charge in [-0.15, -0.1) is 0 Å². The van der Waals surface area contributed by atoms with Crippen molar-refractivity contribution in [3.8, 4) is 0 Å². The van der Waals surface area contributed by atoms with Crippen LogP contribution in [0.4, 0.5) is 17.3 Å². The van der Waals surface area contributed by atoms with Crippen LogP contribution in [0.15, 0.2) is 6.33 Å². The summed E-state index contributed by atoms with van der Waals surface area (Å²) in [4.78, 5) is 42.5. The Hall–Kier alpha value is -2.78. The minimum Gasteiger partial charge on any atom is -0.367 e. The second-order valence-corrected chi connectivity index (χ2v) is 4.45. The summed E-state index contributed by atoms with van der Waals surface area (Å²) in [6.45, 7) is 0. The second-order valence-electron chi connectivity index (χ2n) is 4.45. The van der Waals surface area contributed by atoms with Gasteiger partial charge in [0.25, 0.3) is 5.91 Å². The predicted molar refractivity (Wildman–Crippen MR) is 72.7 cm³/mol. The van der Waals surface area contributed by atoms with Crippen molar-refractivity contribution in [3.63, 3.8) is 0 Å². The number of carbonyl (C=O) groups excluding carboxylic acids is 2. The molecule has 2 N–H and O–H groups in total. The van der Waals surface area contributed by atoms with Crippen LogP contribution in [0.5, 0.6) is 0 Å². The molecule has 0 saturated carbocycles. The Morgan fingerprint density at radius 3 is 2.67 bits per heavy atom. The number of anilines is 2. The molecule has 1 aliphatic rings. The van der Waals surface area contributed by atoms with Crippen LogP contribution in [0.2, 0.25) is 0 Å². The molecule has 21 heavy (non-hydrogen) atoms. The van der Waals surface area contributed by atoms with Gasteiger partial charge in [-0.3, -0.25) is 24.6 Å². The van der Waals surface area contributed by atoms with Gasteiger partial charge in [-0.05, 0) is 6.42 Å². The maximum absolute atomic E-state index is 12.0. The van der Waals surface area contributed by atoms with Gasteiger partial charge in [0.15, 0.2) is 0 Å². The number of piperidine rings is 1. The standard InChI is InChI=1S/C11H14N6O4/c1-12-9-8(17(20)21)10(14-5-13-9)15-6-3-4-7(18)16(2)11(6)19/h5-6H,3-4H2,1-2H3,(H2,12,13,14,15). The normalized spacial score (nSPS) is 18.6. The molecule has 1 aliphatic heterocycles. The Bertz CT molecular complexity index is 604. The van der Waals surface area contributed by atoms with Crippen LogP contribution in [0.3, 0.4) is 0 Å². The molecule has 2 amide bonds. The summed E-state index contributed by atoms with van der Waals surface area (Å²) >= 11 is 0. The fourth-order valence-corrected chi connectivity index (χ4v) is 2.05. The molecular weight excluding hydrogens is 280 g/mol. The summed E-state index contributed by atoms with van der Waals surface area (Å²) < 4.78 is 0. The number of nitrogens with one attached hydrogen (secondary N) is 2. The molecule has 2 heterocycles. The van der Waals surface area contributed by atoms with E-state index in [1.165, 1.54) is 14.1 Å². The molecule has 10 heteroatoms. The first-order valence-electron chi connectivity index (χ1n) is 6.19. The average molecular weight is 294 g/mol. The molecule has 0 radical (unpaired) electrons. The number of aromatic nitrogens is 2. The quantitative estimate of drug-likeness (QED) is 0.450. The van der Waals surface area contributed by atoms with Crippen molar-refractivity contribution in [2.75, 3.05) is 24.7 Å². The van der Waals surface area contributed by atoms with Crippen molar-refractivity contribution >= 4 is 29.1 Å². The van der Waals surface area contributed by atoms with Crippen LogP contribution in [-0.4, -0.2) is 51.7 Å². The molecule has 1 atom stereocenters. The maximum atomic E-state index is 12.0. The van der Waals surface area contributed by atoms with E-state index in [9.17, 15) is 19.7 Å². The molecule has 0 bridgehead atoms. The van der Waals surface area contributed by atoms with Crippen LogP contribution >= 0.6 is 0 Å². The van der Waals surface area contributed by atoms with Gasteiger partial charge >= 0.3 is 5.69 Å². The lowest BCUT2D eigenvalue weighted by atomic mass is 10.0. The minimum absolute atomic E-state index is 0.0465. The van der Waals surface area contributed by atoms with Gasteiger partial charge < -0.3 is 10.6 Å². The number of nitrogens with zero attached hydrogens (tertiary/aromatic N) is 4. The van der Waals surface area contributed by atoms with E-state index < -0.39 is 16.9 Å². The maximum Gasteiger partial charge on any atom is 0.353 e. The zero-order chi connectivity index (χ0) is 15.6. The zero-order valence-electron chi connectivity index (χ0n) is 11.5. The molecule has 0 aromatic carbocycles. The summed E-state index contributed by atoms with van der Waals surface area (Å²) in [5.74, 6) is -0.720. The van der Waals surface area contributed by atoms with E-state index >= 15 is 0 Å². The van der Waals surface area contributed by atoms with Crippen molar-refractivity contribution in [1.82, 2.24) is 14.9 Å². The van der Waals surface area contributed by atoms with E-state index in [2.05, 4.69) is 20.6 Å². The summed E-state index contributed by atoms with van der Waals surface area (Å²) in [7, 11) is 2.88. The lowest BCUT2D eigenvalue weighted by Gasteiger charge is -2.28. The fourth-order valence-electron chi connectivity index (χ4n) is 2.05. The van der Waals surface area contributed by atoms with E-state index in [0.717, 1.165) is 11.2 Å². The lowest BCUT2D eigenvalue weighted by molar-refractivity contribution is -0.383. The van der Waals surface area contributed by atoms with Crippen molar-refractivity contribution < 1.29 is 14.5 Å². The summed E-state index contributed by atoms with van der Waals surface area (Å²) in [6.07, 6.45) is 1.61. The van der Waals surface area contributed by atoms with Crippen molar-refractivity contribution in [1.29, 1.82) is 0 Å². The summed E-state index contributed by atoms with van der Waals surface area (Å²) in [6, 6.07) is -0.731. The Morgan fingerprint density at radius 1 is 1.38 bits per heavy atom. The monoisotopic (exact) mass is 294 g/mol. The highest BCUT2D eigenvalue weighted by Gasteiger charge is 2.34. The SMILES string of the molecule is CNc1ncnc(NC2CCC(=O)N(C)C2=O)c1[N+](=O)[O-]. The Labute approximate surface area is 119 Å². The molecule has 2 rings (SSSR count). The van der Waals surface area contributed by atoms with Crippen LogP contribution in [0.1, 0.15) is 12.8 Å². The van der Waals surface area contributed by atoms with Crippen molar-refractivity contribution in [2.24, 2.45) is 0 Å². The van der Waals surface area contributed by atoms with Gasteiger partial charge in [0.1, 0.15) is 12.4 Å². The van der Waals surface area contributed by atoms with Gasteiger partial charge in [-0.2, -0.15) is 0 Å². The van der Waals surface area contributed by atoms with Crippen molar-refractivity contribution in [2.45, 2.75) is 18.9 Å². The molecule has 10 nitrogen and oxygen atoms in total. The average Bonchev–Trinajstić information content (AvgIpc) is 2.47. The van der Waals surface area contributed by atoms with Crippen LogP contribution in [0.25, 0.3) is 0 Å². The van der Waals surface area contributed by atoms with E-state index in [1.807, 2.05) is 0 Å². The largest absolute Gasteiger partial charge is 0.367 e. The number of hydrogen-bond donors (Lipinski definition) is 2. The van der Waals surface area contributed by atoms with Gasteiger partial charge in [0.05, 0.1) is 4.92 Å². The molecule has 1 aromatic rings. The van der Waals surface area contributed by atoms with Gasteiger partial charge in [0.2, 0.25) is 17.5 Å². The highest BCUT2D eigenvalue weighted by Crippen LogP contribution is 2.29. The second kappa shape index (κ2) is 5.69. The molecule has 0 aliphatic carbocycles. The number of likely N-dealkylation sites (tertiary alicyclic amines) is 1. The molecule has 1 aromatic heterocycles. The molecule has 112 valence electrons. The highest BCUT2D eigenvalue weighted by molar-refractivity contribution is 6.01. The zero-order valence-corrected chi connectivity index (χ0v) is 11.5. The van der Waals surface area contributed by atoms with E-state index in [-0.39, 0.29) is 36.1 Å². The topological polar surface area (TPSA) is 130 Å². The number of imide groups is 1. The number of hydrogen-bond acceptors (Lipinski definition) is 8. The first-order chi connectivity index (χ1) is 9.95. The highest BCUT2D eigenvalue weighted by atomic mass is 16.6. The van der Waals surface area contributed by atoms with Gasteiger partial charge in [-0.1, -0.05) is 0 Å². The number of carbonyl (C=O) groups is 2. The van der Waals surface area contributed by atoms with Gasteiger partial charge in [0, 0.05) is 20.5 Å². The van der Waals surface area contributed by atoms with Crippen molar-refractivity contribution in [3.05, 3.63) is 16.4 Å². The van der Waals surface area contributed by atoms with E-state index in [1.54, 1.807) is 0 Å². The summed E-state index contributed by atoms with van der Waals surface area (Å²) in [5, 5.41) is 16.5. The minimum atomic E-state index is -0.731. The number of amides is 2. The number of likely N-dealkylation sites (N-methyl/N-ethyl adjacent to an activating group) is 1. The van der Waals surface area contributed by atoms with E-state index in [0.29, 0.717) is 0 Å².